The van der Waals surface area contributed by atoms with Gasteiger partial charge in [0.25, 0.3) is 0 Å². The summed E-state index contributed by atoms with van der Waals surface area (Å²) >= 11 is 0. The van der Waals surface area contributed by atoms with Crippen molar-refractivity contribution in [2.45, 2.75) is 44.9 Å². The number of likely N-dealkylation sites (tertiary alicyclic amines) is 1. The van der Waals surface area contributed by atoms with Gasteiger partial charge in [-0.15, -0.1) is 0 Å². The highest BCUT2D eigenvalue weighted by Crippen LogP contribution is 2.37. The van der Waals surface area contributed by atoms with E-state index in [1.807, 2.05) is 42.5 Å². The molecular formula is C19H21NO4. The van der Waals surface area contributed by atoms with E-state index in [1.54, 1.807) is 20.8 Å². The van der Waals surface area contributed by atoms with E-state index in [0.29, 0.717) is 0 Å². The molecular weight excluding hydrogens is 306 g/mol. The largest absolute Gasteiger partial charge is 0.443 e. The molecule has 0 spiro atoms. The third-order valence-electron chi connectivity index (χ3n) is 4.03. The van der Waals surface area contributed by atoms with Crippen molar-refractivity contribution in [2.24, 2.45) is 0 Å². The van der Waals surface area contributed by atoms with Crippen LogP contribution < -0.4 is 0 Å². The third kappa shape index (κ3) is 2.99. The highest BCUT2D eigenvalue weighted by Gasteiger charge is 2.45. The van der Waals surface area contributed by atoms with Crippen molar-refractivity contribution in [3.63, 3.8) is 0 Å². The van der Waals surface area contributed by atoms with Gasteiger partial charge in [-0.2, -0.15) is 0 Å². The van der Waals surface area contributed by atoms with Crippen molar-refractivity contribution in [2.75, 3.05) is 0 Å². The maximum atomic E-state index is 12.5. The van der Waals surface area contributed by atoms with Gasteiger partial charge in [0.2, 0.25) is 5.91 Å². The second-order valence-electron chi connectivity index (χ2n) is 7.03. The van der Waals surface area contributed by atoms with Crippen LogP contribution in [0.1, 0.15) is 38.8 Å². The van der Waals surface area contributed by atoms with Crippen molar-refractivity contribution < 1.29 is 19.4 Å². The van der Waals surface area contributed by atoms with Gasteiger partial charge in [-0.25, -0.2) is 9.69 Å². The topological polar surface area (TPSA) is 66.8 Å². The lowest BCUT2D eigenvalue weighted by atomic mass is 9.96. The second-order valence-corrected chi connectivity index (χ2v) is 7.03. The minimum Gasteiger partial charge on any atom is -0.443 e. The van der Waals surface area contributed by atoms with Crippen molar-refractivity contribution in [3.05, 3.63) is 48.0 Å². The Balaban J connectivity index is 2.06. The lowest BCUT2D eigenvalue weighted by Gasteiger charge is -2.29. The summed E-state index contributed by atoms with van der Waals surface area (Å²) in [6, 6.07) is 12.6. The number of carbonyl (C=O) groups is 2. The Hall–Kier alpha value is -2.40. The molecule has 1 fully saturated rings. The van der Waals surface area contributed by atoms with Crippen LogP contribution in [0.4, 0.5) is 4.79 Å². The molecule has 0 bridgehead atoms. The predicted octanol–water partition coefficient (Wildman–Crippen LogP) is 3.41. The number of aliphatic hydroxyl groups is 1. The van der Waals surface area contributed by atoms with Crippen LogP contribution in [-0.2, 0) is 9.53 Å². The number of benzene rings is 2. The number of amides is 2. The molecule has 0 saturated carbocycles. The van der Waals surface area contributed by atoms with Gasteiger partial charge in [-0.3, -0.25) is 4.79 Å². The third-order valence-corrected chi connectivity index (χ3v) is 4.03. The van der Waals surface area contributed by atoms with Gasteiger partial charge in [-0.05, 0) is 37.1 Å². The molecule has 2 aromatic carbocycles. The summed E-state index contributed by atoms with van der Waals surface area (Å²) in [5.74, 6) is -0.422. The summed E-state index contributed by atoms with van der Waals surface area (Å²) in [5, 5.41) is 12.3. The highest BCUT2D eigenvalue weighted by atomic mass is 16.6. The molecule has 3 rings (SSSR count). The summed E-state index contributed by atoms with van der Waals surface area (Å²) in [6.45, 7) is 5.23. The molecule has 1 aliphatic rings. The van der Waals surface area contributed by atoms with Crippen LogP contribution in [0, 0.1) is 0 Å². The van der Waals surface area contributed by atoms with Gasteiger partial charge in [0.1, 0.15) is 5.60 Å². The molecule has 2 aromatic rings. The maximum absolute atomic E-state index is 12.5. The van der Waals surface area contributed by atoms with E-state index >= 15 is 0 Å². The van der Waals surface area contributed by atoms with Gasteiger partial charge in [0.15, 0.2) is 0 Å². The summed E-state index contributed by atoms with van der Waals surface area (Å²) in [5.41, 5.74) is 0.0334. The number of ether oxygens (including phenoxy) is 1. The molecule has 2 amide bonds. The van der Waals surface area contributed by atoms with Crippen LogP contribution in [0.3, 0.4) is 0 Å². The van der Waals surface area contributed by atoms with Crippen LogP contribution in [0.15, 0.2) is 42.5 Å². The normalized spacial score (nSPS) is 21.3. The van der Waals surface area contributed by atoms with Crippen molar-refractivity contribution in [1.29, 1.82) is 0 Å². The molecule has 5 heteroatoms. The first kappa shape index (κ1) is 16.5. The maximum Gasteiger partial charge on any atom is 0.417 e. The SMILES string of the molecule is CC(C)(C)OC(=O)N1C(=O)C[C@@H](O)[C@@H]1c1cccc2ccccc12. The molecule has 126 valence electrons. The Morgan fingerprint density at radius 2 is 1.83 bits per heavy atom. The molecule has 1 saturated heterocycles. The number of rotatable bonds is 1. The monoisotopic (exact) mass is 327 g/mol. The average molecular weight is 327 g/mol. The van der Waals surface area contributed by atoms with E-state index in [-0.39, 0.29) is 6.42 Å². The number of hydrogen-bond acceptors (Lipinski definition) is 4. The van der Waals surface area contributed by atoms with Crippen LogP contribution >= 0.6 is 0 Å². The average Bonchev–Trinajstić information content (AvgIpc) is 2.79. The summed E-state index contributed by atoms with van der Waals surface area (Å²) in [6.07, 6.45) is -1.76. The number of carbonyl (C=O) groups excluding carboxylic acids is 2. The van der Waals surface area contributed by atoms with Gasteiger partial charge in [-0.1, -0.05) is 42.5 Å². The Kier molecular flexibility index (Phi) is 4.05. The molecule has 1 N–H and O–H groups in total. The second kappa shape index (κ2) is 5.91. The minimum absolute atomic E-state index is 0.0901. The van der Waals surface area contributed by atoms with Gasteiger partial charge >= 0.3 is 6.09 Å². The van der Waals surface area contributed by atoms with Gasteiger partial charge in [0, 0.05) is 0 Å². The standard InChI is InChI=1S/C19H21NO4/c1-19(2,3)24-18(23)20-16(22)11-15(21)17(20)14-10-6-8-12-7-4-5-9-13(12)14/h4-10,15,17,21H,11H2,1-3H3/t15-,17+/m1/s1. The zero-order valence-corrected chi connectivity index (χ0v) is 14.0. The molecule has 0 aromatic heterocycles. The number of fused-ring (bicyclic) bond motifs is 1. The van der Waals surface area contributed by atoms with Crippen LogP contribution in [0.5, 0.6) is 0 Å². The molecule has 24 heavy (non-hydrogen) atoms. The summed E-state index contributed by atoms with van der Waals surface area (Å²) in [7, 11) is 0. The number of aliphatic hydroxyl groups excluding tert-OH is 1. The fraction of sp³-hybridized carbons (Fsp3) is 0.368. The number of hydrogen-bond donors (Lipinski definition) is 1. The van der Waals surface area contributed by atoms with Crippen molar-refractivity contribution in [1.82, 2.24) is 4.90 Å². The van der Waals surface area contributed by atoms with E-state index in [1.165, 1.54) is 0 Å². The smallest absolute Gasteiger partial charge is 0.417 e. The van der Waals surface area contributed by atoms with E-state index in [2.05, 4.69) is 0 Å². The van der Waals surface area contributed by atoms with Crippen LogP contribution in [0.25, 0.3) is 10.8 Å². The first-order valence-electron chi connectivity index (χ1n) is 7.99. The van der Waals surface area contributed by atoms with Crippen molar-refractivity contribution >= 4 is 22.8 Å². The van der Waals surface area contributed by atoms with E-state index in [4.69, 9.17) is 4.74 Å². The zero-order valence-electron chi connectivity index (χ0n) is 14.0. The fourth-order valence-electron chi connectivity index (χ4n) is 3.10. The first-order chi connectivity index (χ1) is 11.3. The molecule has 1 aliphatic heterocycles. The number of nitrogens with zero attached hydrogens (tertiary/aromatic N) is 1. The van der Waals surface area contributed by atoms with Gasteiger partial charge < -0.3 is 9.84 Å². The minimum atomic E-state index is -0.948. The predicted molar refractivity (Wildman–Crippen MR) is 90.4 cm³/mol. The lowest BCUT2D eigenvalue weighted by Crippen LogP contribution is -2.40. The van der Waals surface area contributed by atoms with Gasteiger partial charge in [0.05, 0.1) is 18.6 Å². The molecule has 5 nitrogen and oxygen atoms in total. The van der Waals surface area contributed by atoms with Crippen molar-refractivity contribution in [3.8, 4) is 0 Å². The Labute approximate surface area is 140 Å². The van der Waals surface area contributed by atoms with Crippen LogP contribution in [0.2, 0.25) is 0 Å². The van der Waals surface area contributed by atoms with E-state index < -0.39 is 29.7 Å². The summed E-state index contributed by atoms with van der Waals surface area (Å²) in [4.78, 5) is 25.9. The molecule has 0 radical (unpaired) electrons. The lowest BCUT2D eigenvalue weighted by molar-refractivity contribution is -0.128. The molecule has 1 heterocycles. The Morgan fingerprint density at radius 3 is 2.54 bits per heavy atom. The van der Waals surface area contributed by atoms with Crippen LogP contribution in [-0.4, -0.2) is 33.7 Å². The molecule has 2 atom stereocenters. The van der Waals surface area contributed by atoms with E-state index in [0.717, 1.165) is 21.2 Å². The molecule has 0 unspecified atom stereocenters. The first-order valence-corrected chi connectivity index (χ1v) is 7.99. The zero-order chi connectivity index (χ0) is 17.5. The highest BCUT2D eigenvalue weighted by molar-refractivity contribution is 5.96. The van der Waals surface area contributed by atoms with E-state index in [9.17, 15) is 14.7 Å². The fourth-order valence-corrected chi connectivity index (χ4v) is 3.10. The summed E-state index contributed by atoms with van der Waals surface area (Å²) < 4.78 is 5.36. The quantitative estimate of drug-likeness (QED) is 0.871. The number of imide groups is 1. The Bertz CT molecular complexity index is 788. The molecule has 0 aliphatic carbocycles. The Morgan fingerprint density at radius 1 is 1.17 bits per heavy atom.